The van der Waals surface area contributed by atoms with Crippen LogP contribution in [0.1, 0.15) is 11.1 Å². The highest BCUT2D eigenvalue weighted by Gasteiger charge is 2.24. The fourth-order valence-corrected chi connectivity index (χ4v) is 3.28. The average molecular weight is 362 g/mol. The van der Waals surface area contributed by atoms with Crippen molar-refractivity contribution in [3.63, 3.8) is 0 Å². The van der Waals surface area contributed by atoms with Gasteiger partial charge in [-0.2, -0.15) is 0 Å². The minimum atomic E-state index is -3.66. The third-order valence-corrected chi connectivity index (χ3v) is 5.05. The lowest BCUT2D eigenvalue weighted by Crippen LogP contribution is -2.37. The van der Waals surface area contributed by atoms with Gasteiger partial charge < -0.3 is 10.1 Å². The number of methoxy groups -OCH3 is 1. The molecule has 0 atom stereocenters. The number of nitrogens with one attached hydrogen (secondary N) is 1. The van der Waals surface area contributed by atoms with Crippen LogP contribution in [0.5, 0.6) is 5.75 Å². The van der Waals surface area contributed by atoms with Gasteiger partial charge in [0.05, 0.1) is 19.1 Å². The van der Waals surface area contributed by atoms with E-state index < -0.39 is 15.9 Å². The van der Waals surface area contributed by atoms with Gasteiger partial charge in [0.15, 0.2) is 0 Å². The molecule has 0 spiro atoms. The van der Waals surface area contributed by atoms with Gasteiger partial charge in [0, 0.05) is 5.69 Å². The fraction of sp³-hybridized carbons (Fsp3) is 0.278. The summed E-state index contributed by atoms with van der Waals surface area (Å²) in [4.78, 5) is 12.4. The summed E-state index contributed by atoms with van der Waals surface area (Å²) in [5.74, 6) is -0.0440. The molecule has 0 fully saturated rings. The Balaban J connectivity index is 2.29. The number of aryl methyl sites for hydroxylation is 1. The van der Waals surface area contributed by atoms with Gasteiger partial charge in [0.1, 0.15) is 12.3 Å². The topological polar surface area (TPSA) is 75.7 Å². The van der Waals surface area contributed by atoms with E-state index in [9.17, 15) is 13.2 Å². The van der Waals surface area contributed by atoms with Crippen LogP contribution in [-0.4, -0.2) is 34.2 Å². The van der Waals surface area contributed by atoms with E-state index in [1.165, 1.54) is 7.11 Å². The Kier molecular flexibility index (Phi) is 5.69. The molecule has 6 nitrogen and oxygen atoms in total. The summed E-state index contributed by atoms with van der Waals surface area (Å²) >= 11 is 0. The first kappa shape index (κ1) is 18.8. The molecule has 0 saturated heterocycles. The first-order chi connectivity index (χ1) is 11.7. The van der Waals surface area contributed by atoms with E-state index in [1.807, 2.05) is 26.0 Å². The molecule has 2 aromatic rings. The molecule has 134 valence electrons. The zero-order chi connectivity index (χ0) is 18.6. The molecule has 0 aromatic heterocycles. The Morgan fingerprint density at radius 3 is 2.44 bits per heavy atom. The maximum Gasteiger partial charge on any atom is 0.245 e. The molecule has 0 radical (unpaired) electrons. The molecule has 0 heterocycles. The highest BCUT2D eigenvalue weighted by atomic mass is 32.2. The number of carbonyl (C=O) groups excluding carboxylic acids is 1. The third-order valence-electron chi connectivity index (χ3n) is 3.92. The Bertz CT molecular complexity index is 878. The van der Waals surface area contributed by atoms with E-state index >= 15 is 0 Å². The number of ether oxygens (including phenoxy) is 1. The van der Waals surface area contributed by atoms with Crippen LogP contribution >= 0.6 is 0 Å². The van der Waals surface area contributed by atoms with Crippen molar-refractivity contribution in [2.75, 3.05) is 29.5 Å². The Morgan fingerprint density at radius 2 is 1.80 bits per heavy atom. The molecule has 0 unspecified atom stereocenters. The smallest absolute Gasteiger partial charge is 0.245 e. The molecule has 0 aliphatic carbocycles. The van der Waals surface area contributed by atoms with Crippen molar-refractivity contribution in [3.8, 4) is 5.75 Å². The molecule has 2 aromatic carbocycles. The summed E-state index contributed by atoms with van der Waals surface area (Å²) < 4.78 is 30.7. The first-order valence-corrected chi connectivity index (χ1v) is 9.55. The van der Waals surface area contributed by atoms with Gasteiger partial charge in [-0.25, -0.2) is 8.42 Å². The summed E-state index contributed by atoms with van der Waals surface area (Å²) in [5.41, 5.74) is 2.98. The molecular formula is C18H22N2O4S. The SMILES string of the molecule is COc1ccccc1N(CC(=O)Nc1cccc(C)c1C)S(C)(=O)=O. The number of sulfonamides is 1. The second-order valence-corrected chi connectivity index (χ2v) is 7.64. The van der Waals surface area contributed by atoms with Crippen molar-refractivity contribution in [2.45, 2.75) is 13.8 Å². The number of hydrogen-bond acceptors (Lipinski definition) is 4. The van der Waals surface area contributed by atoms with E-state index in [1.54, 1.807) is 30.3 Å². The lowest BCUT2D eigenvalue weighted by molar-refractivity contribution is -0.114. The average Bonchev–Trinajstić information content (AvgIpc) is 2.56. The third kappa shape index (κ3) is 4.51. The van der Waals surface area contributed by atoms with E-state index in [0.29, 0.717) is 17.1 Å². The van der Waals surface area contributed by atoms with Crippen LogP contribution in [0.2, 0.25) is 0 Å². The largest absolute Gasteiger partial charge is 0.495 e. The van der Waals surface area contributed by atoms with Crippen molar-refractivity contribution in [2.24, 2.45) is 0 Å². The number of amides is 1. The van der Waals surface area contributed by atoms with Gasteiger partial charge in [-0.05, 0) is 43.2 Å². The number of nitrogens with zero attached hydrogens (tertiary/aromatic N) is 1. The molecule has 2 rings (SSSR count). The number of anilines is 2. The van der Waals surface area contributed by atoms with Crippen molar-refractivity contribution in [1.82, 2.24) is 0 Å². The van der Waals surface area contributed by atoms with E-state index in [0.717, 1.165) is 21.7 Å². The molecule has 25 heavy (non-hydrogen) atoms. The van der Waals surface area contributed by atoms with Crippen LogP contribution in [0.4, 0.5) is 11.4 Å². The number of carbonyl (C=O) groups is 1. The zero-order valence-electron chi connectivity index (χ0n) is 14.7. The molecule has 0 aliphatic rings. The van der Waals surface area contributed by atoms with E-state index in [4.69, 9.17) is 4.74 Å². The van der Waals surface area contributed by atoms with Gasteiger partial charge in [-0.1, -0.05) is 24.3 Å². The van der Waals surface area contributed by atoms with Gasteiger partial charge in [-0.3, -0.25) is 9.10 Å². The molecule has 7 heteroatoms. The van der Waals surface area contributed by atoms with Gasteiger partial charge in [0.25, 0.3) is 0 Å². The normalized spacial score (nSPS) is 11.0. The molecule has 1 amide bonds. The van der Waals surface area contributed by atoms with Gasteiger partial charge in [0.2, 0.25) is 15.9 Å². The van der Waals surface area contributed by atoms with Crippen molar-refractivity contribution in [1.29, 1.82) is 0 Å². The Morgan fingerprint density at radius 1 is 1.12 bits per heavy atom. The minimum Gasteiger partial charge on any atom is -0.495 e. The molecule has 1 N–H and O–H groups in total. The number of hydrogen-bond donors (Lipinski definition) is 1. The molecule has 0 aliphatic heterocycles. The highest BCUT2D eigenvalue weighted by Crippen LogP contribution is 2.29. The number of para-hydroxylation sites is 2. The van der Waals surface area contributed by atoms with Crippen LogP contribution in [-0.2, 0) is 14.8 Å². The van der Waals surface area contributed by atoms with Crippen LogP contribution in [0.3, 0.4) is 0 Å². The number of benzene rings is 2. The van der Waals surface area contributed by atoms with Crippen LogP contribution < -0.4 is 14.4 Å². The predicted molar refractivity (Wildman–Crippen MR) is 99.7 cm³/mol. The summed E-state index contributed by atoms with van der Waals surface area (Å²) in [6.07, 6.45) is 1.06. The lowest BCUT2D eigenvalue weighted by Gasteiger charge is -2.24. The molecular weight excluding hydrogens is 340 g/mol. The van der Waals surface area contributed by atoms with Crippen LogP contribution in [0.15, 0.2) is 42.5 Å². The predicted octanol–water partition coefficient (Wildman–Crippen LogP) is 2.72. The maximum absolute atomic E-state index is 12.4. The van der Waals surface area contributed by atoms with Gasteiger partial charge in [-0.15, -0.1) is 0 Å². The van der Waals surface area contributed by atoms with Crippen molar-refractivity contribution in [3.05, 3.63) is 53.6 Å². The first-order valence-electron chi connectivity index (χ1n) is 7.71. The molecule has 0 saturated carbocycles. The van der Waals surface area contributed by atoms with Crippen LogP contribution in [0, 0.1) is 13.8 Å². The monoisotopic (exact) mass is 362 g/mol. The van der Waals surface area contributed by atoms with Crippen molar-refractivity contribution < 1.29 is 17.9 Å². The highest BCUT2D eigenvalue weighted by molar-refractivity contribution is 7.92. The standard InChI is InChI=1S/C18H22N2O4S/c1-13-8-7-9-15(14(13)2)19-18(21)12-20(25(4,22)23)16-10-5-6-11-17(16)24-3/h5-11H,12H2,1-4H3,(H,19,21). The summed E-state index contributed by atoms with van der Waals surface area (Å²) in [6.45, 7) is 3.51. The second-order valence-electron chi connectivity index (χ2n) is 5.74. The van der Waals surface area contributed by atoms with E-state index in [-0.39, 0.29) is 6.54 Å². The summed E-state index contributed by atoms with van der Waals surface area (Å²) in [7, 11) is -2.21. The van der Waals surface area contributed by atoms with Crippen LogP contribution in [0.25, 0.3) is 0 Å². The van der Waals surface area contributed by atoms with Crippen molar-refractivity contribution >= 4 is 27.3 Å². The molecule has 0 bridgehead atoms. The summed E-state index contributed by atoms with van der Waals surface area (Å²) in [6, 6.07) is 12.3. The zero-order valence-corrected chi connectivity index (χ0v) is 15.6. The fourth-order valence-electron chi connectivity index (χ4n) is 2.42. The summed E-state index contributed by atoms with van der Waals surface area (Å²) in [5, 5.41) is 2.77. The maximum atomic E-state index is 12.4. The van der Waals surface area contributed by atoms with Gasteiger partial charge >= 0.3 is 0 Å². The lowest BCUT2D eigenvalue weighted by atomic mass is 10.1. The second kappa shape index (κ2) is 7.57. The Labute approximate surface area is 148 Å². The quantitative estimate of drug-likeness (QED) is 0.857. The van der Waals surface area contributed by atoms with E-state index in [2.05, 4.69) is 5.32 Å². The Hall–Kier alpha value is -2.54. The minimum absolute atomic E-state index is 0.323. The number of rotatable bonds is 6.